The highest BCUT2D eigenvalue weighted by Gasteiger charge is 2.45. The molecule has 0 aromatic carbocycles. The Morgan fingerprint density at radius 2 is 2.06 bits per heavy atom. The quantitative estimate of drug-likeness (QED) is 0.784. The molecular formula is C13H24N4O. The molecule has 2 amide bonds. The van der Waals surface area contributed by atoms with Gasteiger partial charge in [0.15, 0.2) is 0 Å². The predicted molar refractivity (Wildman–Crippen MR) is 72.6 cm³/mol. The van der Waals surface area contributed by atoms with E-state index in [0.717, 1.165) is 25.9 Å². The summed E-state index contributed by atoms with van der Waals surface area (Å²) in [6, 6.07) is 0.0583. The third-order valence-electron chi connectivity index (χ3n) is 4.14. The molecule has 2 aliphatic heterocycles. The van der Waals surface area contributed by atoms with Crippen LogP contribution in [0.3, 0.4) is 0 Å². The van der Waals surface area contributed by atoms with E-state index in [1.165, 1.54) is 0 Å². The number of piperidine rings is 1. The standard InChI is InChI=1S/C13H24N4O/c1-10(12(2,3)4)16-17-11(18)15-9-13(17)5-7-14-8-6-13/h9-10,14,16H,5-8H2,1-4H3/t10-/m0/s1. The van der Waals surface area contributed by atoms with Gasteiger partial charge >= 0.3 is 6.03 Å². The molecule has 0 bridgehead atoms. The third-order valence-corrected chi connectivity index (χ3v) is 4.14. The Balaban J connectivity index is 2.12. The normalized spacial score (nSPS) is 24.9. The summed E-state index contributed by atoms with van der Waals surface area (Å²) in [6.45, 7) is 10.5. The van der Waals surface area contributed by atoms with Gasteiger partial charge in [-0.25, -0.2) is 20.2 Å². The maximum Gasteiger partial charge on any atom is 0.358 e. The highest BCUT2D eigenvalue weighted by Crippen LogP contribution is 2.29. The minimum Gasteiger partial charge on any atom is -0.317 e. The van der Waals surface area contributed by atoms with Gasteiger partial charge in [-0.3, -0.25) is 0 Å². The molecule has 2 aliphatic rings. The first-order chi connectivity index (χ1) is 8.35. The number of amides is 2. The fourth-order valence-electron chi connectivity index (χ4n) is 2.26. The van der Waals surface area contributed by atoms with Gasteiger partial charge in [-0.15, -0.1) is 0 Å². The van der Waals surface area contributed by atoms with Gasteiger partial charge < -0.3 is 5.32 Å². The minimum atomic E-state index is -0.220. The molecule has 1 spiro atoms. The summed E-state index contributed by atoms with van der Waals surface area (Å²) >= 11 is 0. The summed E-state index contributed by atoms with van der Waals surface area (Å²) in [5, 5.41) is 5.08. The first kappa shape index (κ1) is 13.5. The average Bonchev–Trinajstić information content (AvgIpc) is 2.58. The molecule has 0 aromatic rings. The number of hydrogen-bond donors (Lipinski definition) is 2. The van der Waals surface area contributed by atoms with Crippen LogP contribution >= 0.6 is 0 Å². The van der Waals surface area contributed by atoms with Crippen LogP contribution in [-0.2, 0) is 0 Å². The van der Waals surface area contributed by atoms with Gasteiger partial charge in [0.2, 0.25) is 0 Å². The molecule has 5 nitrogen and oxygen atoms in total. The summed E-state index contributed by atoms with van der Waals surface area (Å²) in [6.07, 6.45) is 3.68. The van der Waals surface area contributed by atoms with Crippen LogP contribution in [0.4, 0.5) is 4.79 Å². The van der Waals surface area contributed by atoms with E-state index in [2.05, 4.69) is 43.4 Å². The first-order valence-electron chi connectivity index (χ1n) is 6.71. The van der Waals surface area contributed by atoms with Gasteiger partial charge in [0.05, 0.1) is 5.54 Å². The maximum absolute atomic E-state index is 12.0. The Hall–Kier alpha value is -0.940. The molecular weight excluding hydrogens is 228 g/mol. The monoisotopic (exact) mass is 252 g/mol. The molecule has 2 N–H and O–H groups in total. The predicted octanol–water partition coefficient (Wildman–Crippen LogP) is 1.55. The Morgan fingerprint density at radius 3 is 2.61 bits per heavy atom. The topological polar surface area (TPSA) is 56.7 Å². The molecule has 0 radical (unpaired) electrons. The number of nitrogens with one attached hydrogen (secondary N) is 2. The van der Waals surface area contributed by atoms with E-state index in [9.17, 15) is 4.79 Å². The third kappa shape index (κ3) is 2.42. The zero-order valence-corrected chi connectivity index (χ0v) is 11.8. The van der Waals surface area contributed by atoms with E-state index in [1.807, 2.05) is 6.21 Å². The molecule has 5 heteroatoms. The van der Waals surface area contributed by atoms with Crippen LogP contribution in [0.5, 0.6) is 0 Å². The Kier molecular flexibility index (Phi) is 3.47. The summed E-state index contributed by atoms with van der Waals surface area (Å²) < 4.78 is 0. The molecule has 1 saturated heterocycles. The fourth-order valence-corrected chi connectivity index (χ4v) is 2.26. The van der Waals surface area contributed by atoms with Gasteiger partial charge in [-0.05, 0) is 38.3 Å². The van der Waals surface area contributed by atoms with Crippen molar-refractivity contribution >= 4 is 12.2 Å². The lowest BCUT2D eigenvalue weighted by atomic mass is 9.87. The second kappa shape index (κ2) is 4.63. The summed E-state index contributed by atoms with van der Waals surface area (Å²) in [4.78, 5) is 16.0. The zero-order chi connectivity index (χ0) is 13.4. The highest BCUT2D eigenvalue weighted by molar-refractivity contribution is 5.95. The lowest BCUT2D eigenvalue weighted by Gasteiger charge is -2.42. The number of nitrogens with zero attached hydrogens (tertiary/aromatic N) is 2. The first-order valence-corrected chi connectivity index (χ1v) is 6.71. The van der Waals surface area contributed by atoms with Crippen LogP contribution in [0.25, 0.3) is 0 Å². The number of urea groups is 1. The number of hydrogen-bond acceptors (Lipinski definition) is 3. The van der Waals surface area contributed by atoms with Crippen molar-refractivity contribution in [3.8, 4) is 0 Å². The van der Waals surface area contributed by atoms with E-state index in [1.54, 1.807) is 5.01 Å². The number of hydrazine groups is 1. The zero-order valence-electron chi connectivity index (χ0n) is 11.8. The highest BCUT2D eigenvalue weighted by atomic mass is 16.2. The molecule has 2 heterocycles. The molecule has 0 aromatic heterocycles. The molecule has 102 valence electrons. The lowest BCUT2D eigenvalue weighted by molar-refractivity contribution is 0.0712. The molecule has 1 atom stereocenters. The lowest BCUT2D eigenvalue weighted by Crippen LogP contribution is -2.62. The SMILES string of the molecule is C[C@H](NN1C(=O)N=CC12CCNCC2)C(C)(C)C. The van der Waals surface area contributed by atoms with Gasteiger partial charge in [0.25, 0.3) is 0 Å². The smallest absolute Gasteiger partial charge is 0.317 e. The van der Waals surface area contributed by atoms with Crippen molar-refractivity contribution in [3.63, 3.8) is 0 Å². The number of carbonyl (C=O) groups excluding carboxylic acids is 1. The van der Waals surface area contributed by atoms with Crippen LogP contribution < -0.4 is 10.7 Å². The van der Waals surface area contributed by atoms with Crippen molar-refractivity contribution in [2.75, 3.05) is 13.1 Å². The fraction of sp³-hybridized carbons (Fsp3) is 0.846. The number of carbonyl (C=O) groups is 1. The van der Waals surface area contributed by atoms with Crippen molar-refractivity contribution in [1.82, 2.24) is 15.8 Å². The van der Waals surface area contributed by atoms with Crippen LogP contribution in [0.1, 0.15) is 40.5 Å². The molecule has 0 aliphatic carbocycles. The minimum absolute atomic E-state index is 0.108. The van der Waals surface area contributed by atoms with Crippen molar-refractivity contribution in [3.05, 3.63) is 0 Å². The molecule has 1 fully saturated rings. The van der Waals surface area contributed by atoms with E-state index in [-0.39, 0.29) is 23.0 Å². The van der Waals surface area contributed by atoms with Crippen LogP contribution in [-0.4, -0.2) is 41.9 Å². The van der Waals surface area contributed by atoms with Gasteiger partial charge in [0, 0.05) is 12.3 Å². The average molecular weight is 252 g/mol. The van der Waals surface area contributed by atoms with Crippen molar-refractivity contribution in [2.24, 2.45) is 10.4 Å². The van der Waals surface area contributed by atoms with E-state index in [0.29, 0.717) is 0 Å². The number of rotatable bonds is 2. The Morgan fingerprint density at radius 1 is 1.44 bits per heavy atom. The molecule has 0 unspecified atom stereocenters. The summed E-state index contributed by atoms with van der Waals surface area (Å²) in [5.41, 5.74) is 3.25. The molecule has 0 saturated carbocycles. The largest absolute Gasteiger partial charge is 0.358 e. The van der Waals surface area contributed by atoms with Crippen molar-refractivity contribution in [2.45, 2.75) is 52.1 Å². The van der Waals surface area contributed by atoms with Crippen LogP contribution in [0.15, 0.2) is 4.99 Å². The second-order valence-electron chi connectivity index (χ2n) is 6.45. The molecule has 18 heavy (non-hydrogen) atoms. The van der Waals surface area contributed by atoms with E-state index in [4.69, 9.17) is 0 Å². The number of aliphatic imine (C=N–C) groups is 1. The summed E-state index contributed by atoms with van der Waals surface area (Å²) in [7, 11) is 0. The maximum atomic E-state index is 12.0. The van der Waals surface area contributed by atoms with Crippen molar-refractivity contribution < 1.29 is 4.79 Å². The van der Waals surface area contributed by atoms with Gasteiger partial charge in [-0.2, -0.15) is 0 Å². The Labute approximate surface area is 109 Å². The van der Waals surface area contributed by atoms with E-state index < -0.39 is 0 Å². The van der Waals surface area contributed by atoms with E-state index >= 15 is 0 Å². The van der Waals surface area contributed by atoms with Crippen LogP contribution in [0.2, 0.25) is 0 Å². The second-order valence-corrected chi connectivity index (χ2v) is 6.45. The van der Waals surface area contributed by atoms with Crippen molar-refractivity contribution in [1.29, 1.82) is 0 Å². The molecule has 2 rings (SSSR count). The Bertz CT molecular complexity index is 352. The van der Waals surface area contributed by atoms with Gasteiger partial charge in [-0.1, -0.05) is 20.8 Å². The van der Waals surface area contributed by atoms with Gasteiger partial charge in [0.1, 0.15) is 0 Å². The summed E-state index contributed by atoms with van der Waals surface area (Å²) in [5.74, 6) is 0. The van der Waals surface area contributed by atoms with Crippen LogP contribution in [0, 0.1) is 5.41 Å².